The topological polar surface area (TPSA) is 73.8 Å². The van der Waals surface area contributed by atoms with E-state index in [0.29, 0.717) is 5.39 Å². The molecular formula is C15H11F3N4O. The summed E-state index contributed by atoms with van der Waals surface area (Å²) in [5, 5.41) is 0.693. The van der Waals surface area contributed by atoms with Crippen LogP contribution in [0.1, 0.15) is 12.0 Å². The molecule has 2 N–H and O–H groups in total. The lowest BCUT2D eigenvalue weighted by Gasteiger charge is -2.08. The quantitative estimate of drug-likeness (QED) is 0.788. The highest BCUT2D eigenvalue weighted by Crippen LogP contribution is 2.28. The van der Waals surface area contributed by atoms with Gasteiger partial charge in [0.05, 0.1) is 16.5 Å². The molecule has 0 radical (unpaired) electrons. The van der Waals surface area contributed by atoms with Crippen LogP contribution in [-0.2, 0) is 7.05 Å². The van der Waals surface area contributed by atoms with Crippen LogP contribution >= 0.6 is 0 Å². The van der Waals surface area contributed by atoms with Crippen molar-refractivity contribution in [2.24, 2.45) is 7.05 Å². The first kappa shape index (κ1) is 15.0. The Kier molecular flexibility index (Phi) is 3.51. The van der Waals surface area contributed by atoms with E-state index in [-0.39, 0.29) is 22.3 Å². The van der Waals surface area contributed by atoms with Crippen molar-refractivity contribution < 1.29 is 13.2 Å². The Morgan fingerprint density at radius 2 is 2.04 bits per heavy atom. The third kappa shape index (κ3) is 2.52. The second-order valence-corrected chi connectivity index (χ2v) is 4.99. The highest BCUT2D eigenvalue weighted by molar-refractivity contribution is 5.86. The van der Waals surface area contributed by atoms with Crippen molar-refractivity contribution in [3.05, 3.63) is 52.3 Å². The number of rotatable bonds is 2. The maximum atomic E-state index is 14.3. The van der Waals surface area contributed by atoms with Crippen LogP contribution in [0.25, 0.3) is 22.2 Å². The molecule has 3 aromatic rings. The van der Waals surface area contributed by atoms with E-state index in [1.54, 1.807) is 19.3 Å². The van der Waals surface area contributed by atoms with Gasteiger partial charge in [-0.2, -0.15) is 0 Å². The summed E-state index contributed by atoms with van der Waals surface area (Å²) in [7, 11) is 1.56. The first-order chi connectivity index (χ1) is 10.9. The number of nitrogens with two attached hydrogens (primary N) is 1. The van der Waals surface area contributed by atoms with E-state index < -0.39 is 23.6 Å². The third-order valence-electron chi connectivity index (χ3n) is 3.49. The number of fused-ring (bicyclic) bond motifs is 1. The number of pyridine rings is 1. The molecule has 2 heterocycles. The third-order valence-corrected chi connectivity index (χ3v) is 3.49. The Hall–Kier alpha value is -2.90. The zero-order valence-corrected chi connectivity index (χ0v) is 11.9. The van der Waals surface area contributed by atoms with E-state index in [1.807, 2.05) is 0 Å². The van der Waals surface area contributed by atoms with Crippen molar-refractivity contribution in [3.63, 3.8) is 0 Å². The Morgan fingerprint density at radius 3 is 2.70 bits per heavy atom. The van der Waals surface area contributed by atoms with Crippen LogP contribution in [0.4, 0.5) is 19.0 Å². The Balaban J connectivity index is 2.21. The Labute approximate surface area is 128 Å². The number of hydrogen-bond donors (Lipinski definition) is 1. The van der Waals surface area contributed by atoms with Gasteiger partial charge in [0, 0.05) is 19.4 Å². The SMILES string of the molecule is Cn1ccc2cc(-c3ncc(C(F)F)c(N)n3)c(F)cc2c1=O. The van der Waals surface area contributed by atoms with Crippen molar-refractivity contribution in [1.29, 1.82) is 0 Å². The van der Waals surface area contributed by atoms with Crippen molar-refractivity contribution in [3.8, 4) is 11.4 Å². The minimum Gasteiger partial charge on any atom is -0.383 e. The van der Waals surface area contributed by atoms with Crippen LogP contribution < -0.4 is 11.3 Å². The molecule has 0 atom stereocenters. The average molecular weight is 320 g/mol. The minimum atomic E-state index is -2.81. The molecule has 0 aliphatic heterocycles. The van der Waals surface area contributed by atoms with Crippen molar-refractivity contribution in [1.82, 2.24) is 14.5 Å². The first-order valence-electron chi connectivity index (χ1n) is 6.58. The van der Waals surface area contributed by atoms with Gasteiger partial charge in [-0.15, -0.1) is 0 Å². The fourth-order valence-corrected chi connectivity index (χ4v) is 2.24. The molecule has 0 spiro atoms. The van der Waals surface area contributed by atoms with Gasteiger partial charge in [0.1, 0.15) is 11.6 Å². The molecule has 0 fully saturated rings. The number of aromatic nitrogens is 3. The molecular weight excluding hydrogens is 309 g/mol. The summed E-state index contributed by atoms with van der Waals surface area (Å²) in [5.74, 6) is -1.26. The molecule has 2 aromatic heterocycles. The number of halogens is 3. The highest BCUT2D eigenvalue weighted by atomic mass is 19.3. The van der Waals surface area contributed by atoms with Crippen molar-refractivity contribution >= 4 is 16.6 Å². The molecule has 0 saturated carbocycles. The van der Waals surface area contributed by atoms with Crippen molar-refractivity contribution in [2.75, 3.05) is 5.73 Å². The van der Waals surface area contributed by atoms with Crippen LogP contribution in [-0.4, -0.2) is 14.5 Å². The number of alkyl halides is 2. The van der Waals surface area contributed by atoms with Gasteiger partial charge in [-0.25, -0.2) is 23.1 Å². The number of aryl methyl sites for hydroxylation is 1. The summed E-state index contributed by atoms with van der Waals surface area (Å²) < 4.78 is 40.9. The lowest BCUT2D eigenvalue weighted by Crippen LogP contribution is -2.15. The van der Waals surface area contributed by atoms with Gasteiger partial charge < -0.3 is 10.3 Å². The molecule has 0 amide bonds. The average Bonchev–Trinajstić information content (AvgIpc) is 2.50. The lowest BCUT2D eigenvalue weighted by atomic mass is 10.1. The Morgan fingerprint density at radius 1 is 1.30 bits per heavy atom. The maximum Gasteiger partial charge on any atom is 0.268 e. The molecule has 0 bridgehead atoms. The van der Waals surface area contributed by atoms with E-state index in [4.69, 9.17) is 5.73 Å². The van der Waals surface area contributed by atoms with E-state index >= 15 is 0 Å². The molecule has 0 unspecified atom stereocenters. The van der Waals surface area contributed by atoms with Gasteiger partial charge in [-0.3, -0.25) is 4.79 Å². The van der Waals surface area contributed by atoms with Gasteiger partial charge in [0.2, 0.25) is 0 Å². The van der Waals surface area contributed by atoms with Gasteiger partial charge in [-0.05, 0) is 23.6 Å². The number of anilines is 1. The first-order valence-corrected chi connectivity index (χ1v) is 6.58. The lowest BCUT2D eigenvalue weighted by molar-refractivity contribution is 0.151. The number of benzene rings is 1. The smallest absolute Gasteiger partial charge is 0.268 e. The summed E-state index contributed by atoms with van der Waals surface area (Å²) in [6, 6.07) is 4.10. The summed E-state index contributed by atoms with van der Waals surface area (Å²) in [6.45, 7) is 0. The van der Waals surface area contributed by atoms with Crippen molar-refractivity contribution in [2.45, 2.75) is 6.43 Å². The second kappa shape index (κ2) is 5.38. The Bertz CT molecular complexity index is 969. The fraction of sp³-hybridized carbons (Fsp3) is 0.133. The predicted molar refractivity (Wildman–Crippen MR) is 79.5 cm³/mol. The summed E-state index contributed by atoms with van der Waals surface area (Å²) >= 11 is 0. The number of nitrogens with zero attached hydrogens (tertiary/aromatic N) is 3. The monoisotopic (exact) mass is 320 g/mol. The van der Waals surface area contributed by atoms with E-state index in [0.717, 1.165) is 12.3 Å². The molecule has 1 aromatic carbocycles. The van der Waals surface area contributed by atoms with Crippen LogP contribution in [0.2, 0.25) is 0 Å². The van der Waals surface area contributed by atoms with Gasteiger partial charge in [-0.1, -0.05) is 0 Å². The molecule has 0 saturated heterocycles. The zero-order valence-electron chi connectivity index (χ0n) is 11.9. The normalized spacial score (nSPS) is 11.3. The fourth-order valence-electron chi connectivity index (χ4n) is 2.24. The van der Waals surface area contributed by atoms with E-state index in [9.17, 15) is 18.0 Å². The molecule has 0 aliphatic rings. The molecule has 118 valence electrons. The minimum absolute atomic E-state index is 0.0155. The summed E-state index contributed by atoms with van der Waals surface area (Å²) in [4.78, 5) is 19.4. The number of hydrogen-bond acceptors (Lipinski definition) is 4. The summed E-state index contributed by atoms with van der Waals surface area (Å²) in [6.07, 6.45) is -0.397. The molecule has 8 heteroatoms. The molecule has 0 aliphatic carbocycles. The predicted octanol–water partition coefficient (Wildman–Crippen LogP) is 2.65. The zero-order chi connectivity index (χ0) is 16.7. The van der Waals surface area contributed by atoms with Crippen LogP contribution in [0.3, 0.4) is 0 Å². The van der Waals surface area contributed by atoms with Crippen LogP contribution in [0, 0.1) is 5.82 Å². The molecule has 23 heavy (non-hydrogen) atoms. The van der Waals surface area contributed by atoms with E-state index in [2.05, 4.69) is 9.97 Å². The van der Waals surface area contributed by atoms with Gasteiger partial charge >= 0.3 is 0 Å². The molecule has 5 nitrogen and oxygen atoms in total. The summed E-state index contributed by atoms with van der Waals surface area (Å²) in [5.41, 5.74) is 4.59. The van der Waals surface area contributed by atoms with Crippen LogP contribution in [0.5, 0.6) is 0 Å². The van der Waals surface area contributed by atoms with Gasteiger partial charge in [0.15, 0.2) is 5.82 Å². The highest BCUT2D eigenvalue weighted by Gasteiger charge is 2.17. The largest absolute Gasteiger partial charge is 0.383 e. The molecule has 3 rings (SSSR count). The number of nitrogen functional groups attached to an aromatic ring is 1. The maximum absolute atomic E-state index is 14.3. The second-order valence-electron chi connectivity index (χ2n) is 4.99. The van der Waals surface area contributed by atoms with E-state index in [1.165, 1.54) is 10.6 Å². The standard InChI is InChI=1S/C15H11F3N4O/c1-22-3-2-7-4-9(11(16)5-8(7)15(22)23)14-20-6-10(12(17)18)13(19)21-14/h2-6,12H,1H3,(H2,19,20,21). The van der Waals surface area contributed by atoms with Crippen LogP contribution in [0.15, 0.2) is 35.4 Å². The van der Waals surface area contributed by atoms with Gasteiger partial charge in [0.25, 0.3) is 12.0 Å².